The number of aryl methyl sites for hydroxylation is 1. The van der Waals surface area contributed by atoms with E-state index in [1.807, 2.05) is 18.2 Å². The number of imidazole rings is 1. The molecule has 8 nitrogen and oxygen atoms in total. The van der Waals surface area contributed by atoms with Crippen LogP contribution >= 0.6 is 52.1 Å². The van der Waals surface area contributed by atoms with E-state index in [-0.39, 0.29) is 62.9 Å². The Hall–Kier alpha value is -1.86. The van der Waals surface area contributed by atoms with E-state index in [9.17, 15) is 9.90 Å². The number of aromatic nitrogens is 3. The smallest absolute Gasteiger partial charge is 0.258 e. The minimum atomic E-state index is -0.862. The number of hydrogen-bond donors (Lipinski definition) is 3. The van der Waals surface area contributed by atoms with Crippen molar-refractivity contribution in [3.05, 3.63) is 51.9 Å². The summed E-state index contributed by atoms with van der Waals surface area (Å²) in [5.41, 5.74) is 7.69. The number of nitrogens with zero attached hydrogens (tertiary/aromatic N) is 3. The number of aliphatic hydroxyl groups is 1. The Kier molecular flexibility index (Phi) is 12.6. The van der Waals surface area contributed by atoms with Crippen LogP contribution in [0.4, 0.5) is 10.2 Å². The van der Waals surface area contributed by atoms with E-state index in [1.54, 1.807) is 26.2 Å². The number of fused-ring (bicyclic) bond motifs is 1. The number of amides is 1. The zero-order valence-corrected chi connectivity index (χ0v) is 25.6. The van der Waals surface area contributed by atoms with Gasteiger partial charge >= 0.3 is 0 Å². The predicted molar refractivity (Wildman–Crippen MR) is 164 cm³/mol. The maximum Gasteiger partial charge on any atom is 0.258 e. The number of ether oxygens (including phenoxy) is 1. The van der Waals surface area contributed by atoms with Gasteiger partial charge in [-0.1, -0.05) is 31.4 Å². The van der Waals surface area contributed by atoms with Crippen LogP contribution in [0.5, 0.6) is 5.75 Å². The molecule has 0 spiro atoms. The molecule has 1 amide bonds. The Morgan fingerprint density at radius 1 is 1.26 bits per heavy atom. The second-order valence-corrected chi connectivity index (χ2v) is 9.78. The van der Waals surface area contributed by atoms with Crippen molar-refractivity contribution in [3.8, 4) is 5.75 Å². The summed E-state index contributed by atoms with van der Waals surface area (Å²) in [4.78, 5) is 22.2. The van der Waals surface area contributed by atoms with Crippen molar-refractivity contribution in [2.45, 2.75) is 77.5 Å². The molecule has 1 aliphatic rings. The van der Waals surface area contributed by atoms with Gasteiger partial charge in [0.2, 0.25) is 0 Å². The summed E-state index contributed by atoms with van der Waals surface area (Å²) < 4.78 is 23.3. The Labute approximate surface area is 248 Å². The van der Waals surface area contributed by atoms with Crippen molar-refractivity contribution in [3.63, 3.8) is 0 Å². The quantitative estimate of drug-likeness (QED) is 0.374. The van der Waals surface area contributed by atoms with Gasteiger partial charge in [0.25, 0.3) is 5.91 Å². The molecule has 2 heterocycles. The maximum absolute atomic E-state index is 15.4. The second-order valence-electron chi connectivity index (χ2n) is 9.37. The molecular weight excluding hydrogens is 569 g/mol. The summed E-state index contributed by atoms with van der Waals surface area (Å²) >= 11 is 6.31. The number of benzene rings is 1. The lowest BCUT2D eigenvalue weighted by Gasteiger charge is -2.29. The molecule has 1 aliphatic carbocycles. The predicted octanol–water partition coefficient (Wildman–Crippen LogP) is 4.72. The molecule has 2 aromatic heterocycles. The molecule has 0 aliphatic heterocycles. The minimum absolute atomic E-state index is 0. The van der Waals surface area contributed by atoms with Crippen molar-refractivity contribution in [2.75, 3.05) is 5.73 Å². The highest BCUT2D eigenvalue weighted by Gasteiger charge is 2.32. The average molecular weight is 606 g/mol. The van der Waals surface area contributed by atoms with E-state index in [4.69, 9.17) is 27.1 Å². The minimum Gasteiger partial charge on any atom is -0.490 e. The van der Waals surface area contributed by atoms with Crippen LogP contribution in [-0.4, -0.2) is 43.6 Å². The normalized spacial score (nSPS) is 17.7. The summed E-state index contributed by atoms with van der Waals surface area (Å²) in [6, 6.07) is 1.02. The first-order chi connectivity index (χ1) is 16.6. The van der Waals surface area contributed by atoms with E-state index in [2.05, 4.69) is 10.3 Å². The summed E-state index contributed by atoms with van der Waals surface area (Å²) in [7, 11) is 0. The lowest BCUT2D eigenvalue weighted by molar-refractivity contribution is 0.0710. The van der Waals surface area contributed by atoms with Crippen molar-refractivity contribution in [2.24, 2.45) is 0 Å². The van der Waals surface area contributed by atoms with Gasteiger partial charge in [0, 0.05) is 23.9 Å². The zero-order chi connectivity index (χ0) is 25.4. The molecule has 212 valence electrons. The fourth-order valence-electron chi connectivity index (χ4n) is 4.75. The maximum atomic E-state index is 15.4. The van der Waals surface area contributed by atoms with Crippen LogP contribution in [0.25, 0.3) is 5.52 Å². The van der Waals surface area contributed by atoms with Crippen LogP contribution in [0.2, 0.25) is 5.02 Å². The number of halogens is 2. The van der Waals surface area contributed by atoms with Gasteiger partial charge in [-0.15, -0.1) is 0 Å². The summed E-state index contributed by atoms with van der Waals surface area (Å²) in [5.74, 6) is -0.892. The molecule has 13 heteroatoms. The van der Waals surface area contributed by atoms with Crippen LogP contribution in [0.3, 0.4) is 0 Å². The fourth-order valence-corrected chi connectivity index (χ4v) is 4.96. The number of nitrogens with one attached hydrogen (secondary N) is 1. The highest BCUT2D eigenvalue weighted by atomic mass is 35.5. The van der Waals surface area contributed by atoms with Gasteiger partial charge < -0.3 is 20.9 Å². The summed E-state index contributed by atoms with van der Waals surface area (Å²) in [6.45, 7) is 7.32. The largest absolute Gasteiger partial charge is 0.490 e. The lowest BCUT2D eigenvalue weighted by Crippen LogP contribution is -2.45. The Morgan fingerprint density at radius 2 is 1.92 bits per heavy atom. The zero-order valence-electron chi connectivity index (χ0n) is 21.8. The number of carbonyl (C=O) groups is 1. The van der Waals surface area contributed by atoms with Crippen LogP contribution in [0, 0.1) is 12.7 Å². The van der Waals surface area contributed by atoms with Gasteiger partial charge in [-0.25, -0.2) is 14.4 Å². The molecule has 0 unspecified atom stereocenters. The van der Waals surface area contributed by atoms with Gasteiger partial charge in [0.15, 0.2) is 5.82 Å². The third-order valence-electron chi connectivity index (χ3n) is 6.47. The van der Waals surface area contributed by atoms with Gasteiger partial charge in [0.05, 0.1) is 29.0 Å². The van der Waals surface area contributed by atoms with Crippen molar-refractivity contribution in [1.29, 1.82) is 0 Å². The molecule has 0 saturated heterocycles. The number of carbonyl (C=O) groups excluding carboxylic acids is 1. The second kappa shape index (κ2) is 14.0. The molecule has 1 fully saturated rings. The van der Waals surface area contributed by atoms with Crippen LogP contribution < -0.4 is 15.8 Å². The average Bonchev–Trinajstić information content (AvgIpc) is 3.14. The lowest BCUT2D eigenvalue weighted by atomic mass is 9.91. The molecule has 4 rings (SSSR count). The molecule has 3 aromatic rings. The van der Waals surface area contributed by atoms with Crippen LogP contribution in [0.1, 0.15) is 79.8 Å². The van der Waals surface area contributed by atoms with Crippen molar-refractivity contribution in [1.82, 2.24) is 19.7 Å². The molecule has 1 aromatic carbocycles. The van der Waals surface area contributed by atoms with Crippen molar-refractivity contribution < 1.29 is 19.0 Å². The van der Waals surface area contributed by atoms with E-state index < -0.39 is 29.8 Å². The molecule has 0 bridgehead atoms. The standard InChI is InChI=1S/C25H31ClFN5O3.3H2S/c1-12(2)35-22-15(13(3)24-30-14(4)21-23(28)29-9-10-32(21)24)11-16(26)20(27)19(22)25(34)31-17-7-5-6-8-18(17)33;;;/h9-13,17-18,33H,5-8H2,1-4H3,(H2,28,29)(H,31,34);3*1H2/t13-,17-,18-;;;/m0.../s1. The van der Waals surface area contributed by atoms with E-state index in [1.165, 1.54) is 6.07 Å². The fraction of sp³-hybridized carbons (Fsp3) is 0.480. The third kappa shape index (κ3) is 6.64. The topological polar surface area (TPSA) is 115 Å². The first-order valence-corrected chi connectivity index (χ1v) is 12.2. The SMILES string of the molecule is Cc1nc([C@@H](C)c2cc(Cl)c(F)c(C(=O)N[C@H]3CCCC[C@@H]3O)c2OC(C)C)n2ccnc(N)c12.S.S.S. The van der Waals surface area contributed by atoms with Gasteiger partial charge in [-0.05, 0) is 39.7 Å². The van der Waals surface area contributed by atoms with Gasteiger partial charge in [-0.2, -0.15) is 40.5 Å². The first-order valence-electron chi connectivity index (χ1n) is 11.9. The molecule has 0 radical (unpaired) electrons. The van der Waals surface area contributed by atoms with E-state index in [0.29, 0.717) is 41.3 Å². The number of anilines is 1. The number of rotatable bonds is 6. The Bertz CT molecular complexity index is 1280. The number of nitrogens with two attached hydrogens (primary N) is 1. The van der Waals surface area contributed by atoms with Gasteiger partial charge in [0.1, 0.15) is 28.5 Å². The molecular formula is C25H37ClFN5O3S3. The molecule has 3 atom stereocenters. The summed E-state index contributed by atoms with van der Waals surface area (Å²) in [5, 5.41) is 12.9. The third-order valence-corrected chi connectivity index (χ3v) is 6.74. The highest BCUT2D eigenvalue weighted by molar-refractivity contribution is 7.59. The van der Waals surface area contributed by atoms with Gasteiger partial charge in [-0.3, -0.25) is 9.20 Å². The summed E-state index contributed by atoms with van der Waals surface area (Å²) in [6.07, 6.45) is 5.29. The number of aliphatic hydroxyl groups excluding tert-OH is 1. The monoisotopic (exact) mass is 605 g/mol. The highest BCUT2D eigenvalue weighted by Crippen LogP contribution is 2.40. The van der Waals surface area contributed by atoms with Crippen LogP contribution in [0.15, 0.2) is 18.5 Å². The van der Waals surface area contributed by atoms with Crippen LogP contribution in [-0.2, 0) is 0 Å². The number of hydrogen-bond acceptors (Lipinski definition) is 6. The Morgan fingerprint density at radius 3 is 2.55 bits per heavy atom. The van der Waals surface area contributed by atoms with E-state index >= 15 is 4.39 Å². The molecule has 1 saturated carbocycles. The van der Waals surface area contributed by atoms with E-state index in [0.717, 1.165) is 12.8 Å². The molecule has 38 heavy (non-hydrogen) atoms. The molecule has 4 N–H and O–H groups in total. The Balaban J connectivity index is 0.00000241. The van der Waals surface area contributed by atoms with Crippen molar-refractivity contribution >= 4 is 69.3 Å². The number of nitrogen functional groups attached to an aromatic ring is 1. The first kappa shape index (κ1) is 34.2.